The highest BCUT2D eigenvalue weighted by Gasteiger charge is 2.07. The van der Waals surface area contributed by atoms with Gasteiger partial charge in [0, 0.05) is 19.4 Å². The smallest absolute Gasteiger partial charge is 0.272 e. The molecular weight excluding hydrogens is 240 g/mol. The number of hydrogen-bond acceptors (Lipinski definition) is 3. The van der Waals surface area contributed by atoms with Crippen molar-refractivity contribution in [2.24, 2.45) is 0 Å². The van der Waals surface area contributed by atoms with Crippen molar-refractivity contribution in [2.75, 3.05) is 0 Å². The molecule has 0 N–H and O–H groups in total. The first-order valence-electron chi connectivity index (χ1n) is 6.61. The lowest BCUT2D eigenvalue weighted by molar-refractivity contribution is -0.118. The Kier molecular flexibility index (Phi) is 4.10. The molecule has 2 rings (SSSR count). The summed E-state index contributed by atoms with van der Waals surface area (Å²) < 4.78 is 1.72. The Bertz CT molecular complexity index is 659. The Labute approximate surface area is 112 Å². The number of carbonyl (C=O) groups is 1. The Balaban J connectivity index is 2.33. The monoisotopic (exact) mass is 258 g/mol. The number of nitrogens with zero attached hydrogens (tertiary/aromatic N) is 2. The van der Waals surface area contributed by atoms with E-state index in [-0.39, 0.29) is 11.3 Å². The Hall–Kier alpha value is -1.97. The minimum absolute atomic E-state index is 0.0670. The number of ketones is 1. The molecule has 1 heterocycles. The maximum atomic E-state index is 12.1. The maximum Gasteiger partial charge on any atom is 0.272 e. The van der Waals surface area contributed by atoms with Crippen LogP contribution in [-0.4, -0.2) is 15.3 Å². The molecule has 0 spiro atoms. The number of rotatable bonds is 5. The van der Waals surface area contributed by atoms with Crippen molar-refractivity contribution in [3.8, 4) is 0 Å². The number of aryl methyl sites for hydroxylation is 2. The number of fused-ring (bicyclic) bond motifs is 1. The summed E-state index contributed by atoms with van der Waals surface area (Å²) in [4.78, 5) is 27.8. The van der Waals surface area contributed by atoms with Gasteiger partial charge in [0.2, 0.25) is 0 Å². The minimum Gasteiger partial charge on any atom is -0.305 e. The van der Waals surface area contributed by atoms with E-state index in [0.29, 0.717) is 31.5 Å². The van der Waals surface area contributed by atoms with Crippen LogP contribution in [0.4, 0.5) is 0 Å². The number of para-hydroxylation sites is 2. The Morgan fingerprint density at radius 2 is 2.05 bits per heavy atom. The minimum atomic E-state index is -0.0670. The zero-order chi connectivity index (χ0) is 13.8. The van der Waals surface area contributed by atoms with Crippen molar-refractivity contribution >= 4 is 16.8 Å². The van der Waals surface area contributed by atoms with Gasteiger partial charge in [0.05, 0.1) is 11.0 Å². The van der Waals surface area contributed by atoms with E-state index >= 15 is 0 Å². The highest BCUT2D eigenvalue weighted by Crippen LogP contribution is 2.10. The second-order valence-electron chi connectivity index (χ2n) is 4.64. The standard InChI is InChI=1S/C15H18N2O2/c1-3-12(18)7-6-10-17-14-9-5-4-8-13(14)16-11(2)15(17)19/h4-5,8-9H,3,6-7,10H2,1-2H3. The predicted molar refractivity (Wildman–Crippen MR) is 75.3 cm³/mol. The van der Waals surface area contributed by atoms with E-state index in [1.807, 2.05) is 31.2 Å². The van der Waals surface area contributed by atoms with E-state index in [0.717, 1.165) is 11.0 Å². The highest BCUT2D eigenvalue weighted by molar-refractivity contribution is 5.78. The highest BCUT2D eigenvalue weighted by atomic mass is 16.1. The molecule has 0 amide bonds. The molecule has 2 aromatic rings. The fourth-order valence-electron chi connectivity index (χ4n) is 2.15. The Morgan fingerprint density at radius 3 is 2.79 bits per heavy atom. The quantitative estimate of drug-likeness (QED) is 0.827. The van der Waals surface area contributed by atoms with Crippen molar-refractivity contribution in [1.82, 2.24) is 9.55 Å². The van der Waals surface area contributed by atoms with Crippen LogP contribution >= 0.6 is 0 Å². The molecule has 0 saturated heterocycles. The van der Waals surface area contributed by atoms with Gasteiger partial charge in [-0.15, -0.1) is 0 Å². The second kappa shape index (κ2) is 5.78. The van der Waals surface area contributed by atoms with Crippen molar-refractivity contribution in [3.63, 3.8) is 0 Å². The summed E-state index contributed by atoms with van der Waals surface area (Å²) in [6.45, 7) is 4.15. The second-order valence-corrected chi connectivity index (χ2v) is 4.64. The van der Waals surface area contributed by atoms with E-state index in [1.54, 1.807) is 11.5 Å². The normalized spacial score (nSPS) is 10.8. The Morgan fingerprint density at radius 1 is 1.32 bits per heavy atom. The van der Waals surface area contributed by atoms with Gasteiger partial charge in [-0.1, -0.05) is 19.1 Å². The van der Waals surface area contributed by atoms with Crippen molar-refractivity contribution in [3.05, 3.63) is 40.3 Å². The van der Waals surface area contributed by atoms with Gasteiger partial charge < -0.3 is 4.57 Å². The zero-order valence-corrected chi connectivity index (χ0v) is 11.3. The summed E-state index contributed by atoms with van der Waals surface area (Å²) in [7, 11) is 0. The summed E-state index contributed by atoms with van der Waals surface area (Å²) in [5, 5.41) is 0. The van der Waals surface area contributed by atoms with Gasteiger partial charge in [0.15, 0.2) is 0 Å². The molecule has 0 aliphatic carbocycles. The van der Waals surface area contributed by atoms with E-state index in [9.17, 15) is 9.59 Å². The largest absolute Gasteiger partial charge is 0.305 e. The van der Waals surface area contributed by atoms with Gasteiger partial charge >= 0.3 is 0 Å². The summed E-state index contributed by atoms with van der Waals surface area (Å²) in [5.74, 6) is 0.239. The first kappa shape index (κ1) is 13.5. The lowest BCUT2D eigenvalue weighted by Crippen LogP contribution is -2.24. The van der Waals surface area contributed by atoms with Crippen LogP contribution in [0.2, 0.25) is 0 Å². The summed E-state index contributed by atoms with van der Waals surface area (Å²) in [5.41, 5.74) is 2.09. The molecule has 0 fully saturated rings. The molecule has 0 radical (unpaired) electrons. The fraction of sp³-hybridized carbons (Fsp3) is 0.400. The lowest BCUT2D eigenvalue weighted by atomic mass is 10.2. The van der Waals surface area contributed by atoms with Crippen LogP contribution in [0.25, 0.3) is 11.0 Å². The third-order valence-corrected chi connectivity index (χ3v) is 3.25. The number of Topliss-reactive ketones (excluding diaryl/α,β-unsaturated/α-hetero) is 1. The number of hydrogen-bond donors (Lipinski definition) is 0. The number of benzene rings is 1. The third-order valence-electron chi connectivity index (χ3n) is 3.25. The first-order chi connectivity index (χ1) is 9.13. The fourth-order valence-corrected chi connectivity index (χ4v) is 2.15. The number of carbonyl (C=O) groups excluding carboxylic acids is 1. The SMILES string of the molecule is CCC(=O)CCCn1c(=O)c(C)nc2ccccc21. The van der Waals surface area contributed by atoms with Crippen LogP contribution in [0.5, 0.6) is 0 Å². The summed E-state index contributed by atoms with van der Waals surface area (Å²) in [6.07, 6.45) is 1.78. The first-order valence-corrected chi connectivity index (χ1v) is 6.61. The van der Waals surface area contributed by atoms with Crippen LogP contribution in [0.15, 0.2) is 29.1 Å². The van der Waals surface area contributed by atoms with Gasteiger partial charge in [-0.2, -0.15) is 0 Å². The molecule has 0 aliphatic rings. The van der Waals surface area contributed by atoms with Gasteiger partial charge in [0.1, 0.15) is 11.5 Å². The molecule has 4 heteroatoms. The average Bonchev–Trinajstić information content (AvgIpc) is 2.42. The molecule has 19 heavy (non-hydrogen) atoms. The van der Waals surface area contributed by atoms with Crippen LogP contribution in [0.3, 0.4) is 0 Å². The van der Waals surface area contributed by atoms with Crippen molar-refractivity contribution in [2.45, 2.75) is 39.7 Å². The van der Waals surface area contributed by atoms with Crippen LogP contribution in [0.1, 0.15) is 31.9 Å². The van der Waals surface area contributed by atoms with E-state index in [4.69, 9.17) is 0 Å². The summed E-state index contributed by atoms with van der Waals surface area (Å²) in [6, 6.07) is 7.59. The molecular formula is C15H18N2O2. The van der Waals surface area contributed by atoms with E-state index < -0.39 is 0 Å². The molecule has 100 valence electrons. The topological polar surface area (TPSA) is 52.0 Å². The van der Waals surface area contributed by atoms with Crippen molar-refractivity contribution < 1.29 is 4.79 Å². The third kappa shape index (κ3) is 2.89. The molecule has 4 nitrogen and oxygen atoms in total. The van der Waals surface area contributed by atoms with Gasteiger partial charge in [0.25, 0.3) is 5.56 Å². The predicted octanol–water partition coefficient (Wildman–Crippen LogP) is 2.46. The van der Waals surface area contributed by atoms with Gasteiger partial charge in [-0.25, -0.2) is 4.98 Å². The molecule has 1 aromatic heterocycles. The van der Waals surface area contributed by atoms with Crippen LogP contribution in [-0.2, 0) is 11.3 Å². The molecule has 0 bridgehead atoms. The van der Waals surface area contributed by atoms with Crippen LogP contribution in [0, 0.1) is 6.92 Å². The number of aromatic nitrogens is 2. The molecule has 1 aromatic carbocycles. The molecule has 0 unspecified atom stereocenters. The zero-order valence-electron chi connectivity index (χ0n) is 11.3. The van der Waals surface area contributed by atoms with Crippen molar-refractivity contribution in [1.29, 1.82) is 0 Å². The van der Waals surface area contributed by atoms with E-state index in [1.165, 1.54) is 0 Å². The molecule has 0 saturated carbocycles. The molecule has 0 atom stereocenters. The van der Waals surface area contributed by atoms with E-state index in [2.05, 4.69) is 4.98 Å². The average molecular weight is 258 g/mol. The van der Waals surface area contributed by atoms with Crippen LogP contribution < -0.4 is 5.56 Å². The maximum absolute atomic E-state index is 12.1. The summed E-state index contributed by atoms with van der Waals surface area (Å²) >= 11 is 0. The van der Waals surface area contributed by atoms with Gasteiger partial charge in [-0.05, 0) is 25.5 Å². The lowest BCUT2D eigenvalue weighted by Gasteiger charge is -2.10. The van der Waals surface area contributed by atoms with Gasteiger partial charge in [-0.3, -0.25) is 9.59 Å². The molecule has 0 aliphatic heterocycles.